The number of aromatic hydroxyl groups is 1. The Bertz CT molecular complexity index is 371. The zero-order chi connectivity index (χ0) is 13.5. The summed E-state index contributed by atoms with van der Waals surface area (Å²) in [6.45, 7) is 6.59. The third kappa shape index (κ3) is 4.27. The molecular formula is C14H23FN2O. The SMILES string of the molecule is CCC(C)N(C)CCNCc1cccc(F)c1O. The molecule has 18 heavy (non-hydrogen) atoms. The first kappa shape index (κ1) is 14.9. The normalized spacial score (nSPS) is 12.9. The molecule has 0 radical (unpaired) electrons. The van der Waals surface area contributed by atoms with E-state index in [1.807, 2.05) is 0 Å². The number of rotatable bonds is 7. The molecule has 0 heterocycles. The maximum absolute atomic E-state index is 13.1. The van der Waals surface area contributed by atoms with E-state index in [0.717, 1.165) is 19.5 Å². The number of phenolic OH excluding ortho intramolecular Hbond substituents is 1. The van der Waals surface area contributed by atoms with Crippen LogP contribution in [0.15, 0.2) is 18.2 Å². The van der Waals surface area contributed by atoms with Crippen molar-refractivity contribution in [3.8, 4) is 5.75 Å². The van der Waals surface area contributed by atoms with Crippen LogP contribution in [0.1, 0.15) is 25.8 Å². The van der Waals surface area contributed by atoms with E-state index in [1.54, 1.807) is 12.1 Å². The molecule has 0 bridgehead atoms. The first-order valence-corrected chi connectivity index (χ1v) is 6.43. The molecule has 1 rings (SSSR count). The molecule has 0 spiro atoms. The molecule has 1 aromatic carbocycles. The van der Waals surface area contributed by atoms with E-state index >= 15 is 0 Å². The molecule has 102 valence electrons. The van der Waals surface area contributed by atoms with E-state index in [-0.39, 0.29) is 5.75 Å². The first-order valence-electron chi connectivity index (χ1n) is 6.43. The van der Waals surface area contributed by atoms with E-state index in [9.17, 15) is 9.50 Å². The molecule has 0 aliphatic carbocycles. The predicted molar refractivity (Wildman–Crippen MR) is 72.2 cm³/mol. The summed E-state index contributed by atoms with van der Waals surface area (Å²) < 4.78 is 13.1. The molecule has 1 aromatic rings. The third-order valence-corrected chi connectivity index (χ3v) is 3.37. The minimum absolute atomic E-state index is 0.250. The van der Waals surface area contributed by atoms with Crippen LogP contribution < -0.4 is 5.32 Å². The Morgan fingerprint density at radius 1 is 1.44 bits per heavy atom. The highest BCUT2D eigenvalue weighted by molar-refractivity contribution is 5.33. The Morgan fingerprint density at radius 2 is 2.17 bits per heavy atom. The lowest BCUT2D eigenvalue weighted by molar-refractivity contribution is 0.251. The van der Waals surface area contributed by atoms with Crippen LogP contribution in [0.4, 0.5) is 4.39 Å². The minimum Gasteiger partial charge on any atom is -0.505 e. The summed E-state index contributed by atoms with van der Waals surface area (Å²) in [5.41, 5.74) is 0.598. The predicted octanol–water partition coefficient (Wildman–Crippen LogP) is 2.35. The standard InChI is InChI=1S/C14H23FN2O/c1-4-11(2)17(3)9-8-16-10-12-6-5-7-13(15)14(12)18/h5-7,11,16,18H,4,8-10H2,1-3H3. The van der Waals surface area contributed by atoms with Gasteiger partial charge in [0.05, 0.1) is 0 Å². The highest BCUT2D eigenvalue weighted by Gasteiger charge is 2.07. The number of likely N-dealkylation sites (N-methyl/N-ethyl adjacent to an activating group) is 1. The molecule has 1 atom stereocenters. The summed E-state index contributed by atoms with van der Waals surface area (Å²) in [6, 6.07) is 5.16. The van der Waals surface area contributed by atoms with Gasteiger partial charge in [-0.05, 0) is 26.5 Å². The number of benzene rings is 1. The van der Waals surface area contributed by atoms with Crippen molar-refractivity contribution in [2.75, 3.05) is 20.1 Å². The molecule has 0 saturated heterocycles. The van der Waals surface area contributed by atoms with Crippen LogP contribution in [0.25, 0.3) is 0 Å². The molecule has 1 unspecified atom stereocenters. The van der Waals surface area contributed by atoms with Crippen LogP contribution in [0, 0.1) is 5.82 Å². The van der Waals surface area contributed by atoms with Gasteiger partial charge in [-0.1, -0.05) is 19.1 Å². The second-order valence-electron chi connectivity index (χ2n) is 4.66. The minimum atomic E-state index is -0.564. The summed E-state index contributed by atoms with van der Waals surface area (Å²) in [4.78, 5) is 2.28. The number of phenols is 1. The summed E-state index contributed by atoms with van der Waals surface area (Å²) in [7, 11) is 2.09. The van der Waals surface area contributed by atoms with E-state index in [0.29, 0.717) is 18.2 Å². The topological polar surface area (TPSA) is 35.5 Å². The van der Waals surface area contributed by atoms with Gasteiger partial charge in [0.2, 0.25) is 0 Å². The number of hydrogen-bond acceptors (Lipinski definition) is 3. The molecule has 0 saturated carbocycles. The Kier molecular flexibility index (Phi) is 6.09. The monoisotopic (exact) mass is 254 g/mol. The van der Waals surface area contributed by atoms with Gasteiger partial charge in [0.25, 0.3) is 0 Å². The summed E-state index contributed by atoms with van der Waals surface area (Å²) in [6.07, 6.45) is 1.13. The summed E-state index contributed by atoms with van der Waals surface area (Å²) >= 11 is 0. The quantitative estimate of drug-likeness (QED) is 0.733. The molecular weight excluding hydrogens is 231 g/mol. The Hall–Kier alpha value is -1.13. The smallest absolute Gasteiger partial charge is 0.165 e. The van der Waals surface area contributed by atoms with Gasteiger partial charge in [0.1, 0.15) is 0 Å². The van der Waals surface area contributed by atoms with Crippen molar-refractivity contribution in [2.45, 2.75) is 32.9 Å². The fourth-order valence-corrected chi connectivity index (χ4v) is 1.71. The van der Waals surface area contributed by atoms with Crippen molar-refractivity contribution in [2.24, 2.45) is 0 Å². The zero-order valence-corrected chi connectivity index (χ0v) is 11.4. The van der Waals surface area contributed by atoms with Crippen LogP contribution in [0.2, 0.25) is 0 Å². The molecule has 0 aliphatic rings. The lowest BCUT2D eigenvalue weighted by Gasteiger charge is -2.23. The molecule has 0 amide bonds. The van der Waals surface area contributed by atoms with Gasteiger partial charge in [0.15, 0.2) is 11.6 Å². The van der Waals surface area contributed by atoms with Gasteiger partial charge < -0.3 is 15.3 Å². The number of hydrogen-bond donors (Lipinski definition) is 2. The van der Waals surface area contributed by atoms with Crippen molar-refractivity contribution in [1.29, 1.82) is 0 Å². The summed E-state index contributed by atoms with van der Waals surface area (Å²) in [5.74, 6) is -0.814. The Balaban J connectivity index is 2.32. The fraction of sp³-hybridized carbons (Fsp3) is 0.571. The average Bonchev–Trinajstić information content (AvgIpc) is 2.38. The van der Waals surface area contributed by atoms with Crippen LogP contribution in [-0.4, -0.2) is 36.2 Å². The van der Waals surface area contributed by atoms with Crippen molar-refractivity contribution in [1.82, 2.24) is 10.2 Å². The molecule has 0 fully saturated rings. The van der Waals surface area contributed by atoms with E-state index in [1.165, 1.54) is 6.07 Å². The molecule has 0 aromatic heterocycles. The van der Waals surface area contributed by atoms with E-state index < -0.39 is 5.82 Å². The fourth-order valence-electron chi connectivity index (χ4n) is 1.71. The van der Waals surface area contributed by atoms with Crippen LogP contribution in [-0.2, 0) is 6.54 Å². The second-order valence-corrected chi connectivity index (χ2v) is 4.66. The highest BCUT2D eigenvalue weighted by Crippen LogP contribution is 2.20. The maximum Gasteiger partial charge on any atom is 0.165 e. The van der Waals surface area contributed by atoms with Crippen molar-refractivity contribution < 1.29 is 9.50 Å². The second kappa shape index (κ2) is 7.34. The van der Waals surface area contributed by atoms with E-state index in [2.05, 4.69) is 31.1 Å². The number of nitrogens with one attached hydrogen (secondary N) is 1. The lowest BCUT2D eigenvalue weighted by Crippen LogP contribution is -2.34. The van der Waals surface area contributed by atoms with Crippen molar-refractivity contribution >= 4 is 0 Å². The molecule has 4 heteroatoms. The largest absolute Gasteiger partial charge is 0.505 e. The van der Waals surface area contributed by atoms with Gasteiger partial charge in [-0.2, -0.15) is 0 Å². The van der Waals surface area contributed by atoms with Gasteiger partial charge in [-0.25, -0.2) is 4.39 Å². The van der Waals surface area contributed by atoms with Crippen LogP contribution in [0.5, 0.6) is 5.75 Å². The van der Waals surface area contributed by atoms with E-state index in [4.69, 9.17) is 0 Å². The molecule has 3 nitrogen and oxygen atoms in total. The summed E-state index contributed by atoms with van der Waals surface area (Å²) in [5, 5.41) is 12.7. The first-order chi connectivity index (χ1) is 8.56. The van der Waals surface area contributed by atoms with Crippen LogP contribution >= 0.6 is 0 Å². The Morgan fingerprint density at radius 3 is 2.83 bits per heavy atom. The zero-order valence-electron chi connectivity index (χ0n) is 11.4. The van der Waals surface area contributed by atoms with Gasteiger partial charge >= 0.3 is 0 Å². The highest BCUT2D eigenvalue weighted by atomic mass is 19.1. The van der Waals surface area contributed by atoms with Gasteiger partial charge in [-0.3, -0.25) is 0 Å². The molecule has 0 aliphatic heterocycles. The van der Waals surface area contributed by atoms with Crippen molar-refractivity contribution in [3.05, 3.63) is 29.6 Å². The lowest BCUT2D eigenvalue weighted by atomic mass is 10.2. The average molecular weight is 254 g/mol. The third-order valence-electron chi connectivity index (χ3n) is 3.37. The van der Waals surface area contributed by atoms with Gasteiger partial charge in [0, 0.05) is 31.2 Å². The number of halogens is 1. The van der Waals surface area contributed by atoms with Gasteiger partial charge in [-0.15, -0.1) is 0 Å². The molecule has 2 N–H and O–H groups in total. The number of para-hydroxylation sites is 1. The number of nitrogens with zero attached hydrogens (tertiary/aromatic N) is 1. The van der Waals surface area contributed by atoms with Crippen molar-refractivity contribution in [3.63, 3.8) is 0 Å². The maximum atomic E-state index is 13.1. The van der Waals surface area contributed by atoms with Crippen LogP contribution in [0.3, 0.4) is 0 Å². The Labute approximate surface area is 109 Å².